The molecule has 0 saturated carbocycles. The second-order valence-electron chi connectivity index (χ2n) is 6.99. The number of benzene rings is 3. The summed E-state index contributed by atoms with van der Waals surface area (Å²) in [7, 11) is 0. The molecule has 0 atom stereocenters. The van der Waals surface area contributed by atoms with Crippen LogP contribution in [0.5, 0.6) is 11.5 Å². The van der Waals surface area contributed by atoms with E-state index in [-0.39, 0.29) is 17.4 Å². The van der Waals surface area contributed by atoms with Gasteiger partial charge in [0.2, 0.25) is 0 Å². The van der Waals surface area contributed by atoms with Gasteiger partial charge in [-0.3, -0.25) is 4.79 Å². The molecule has 0 aliphatic heterocycles. The predicted octanol–water partition coefficient (Wildman–Crippen LogP) is 4.86. The van der Waals surface area contributed by atoms with Crippen LogP contribution in [0.15, 0.2) is 84.0 Å². The first-order valence-corrected chi connectivity index (χ1v) is 9.91. The normalized spacial score (nSPS) is 11.5. The highest BCUT2D eigenvalue weighted by molar-refractivity contribution is 6.08. The molecule has 3 N–H and O–H groups in total. The smallest absolute Gasteiger partial charge is 0.272 e. The van der Waals surface area contributed by atoms with Gasteiger partial charge in [-0.05, 0) is 36.8 Å². The number of amides is 1. The molecule has 0 aliphatic carbocycles. The third-order valence-corrected chi connectivity index (χ3v) is 4.95. The van der Waals surface area contributed by atoms with E-state index < -0.39 is 0 Å². The van der Waals surface area contributed by atoms with Crippen molar-refractivity contribution in [1.29, 1.82) is 0 Å². The molecule has 0 spiro atoms. The minimum atomic E-state index is -0.388. The van der Waals surface area contributed by atoms with E-state index in [9.17, 15) is 15.0 Å². The zero-order valence-corrected chi connectivity index (χ0v) is 16.9. The van der Waals surface area contributed by atoms with Gasteiger partial charge in [0, 0.05) is 16.5 Å². The molecule has 0 radical (unpaired) electrons. The van der Waals surface area contributed by atoms with E-state index in [2.05, 4.69) is 10.5 Å². The van der Waals surface area contributed by atoms with Crippen LogP contribution in [-0.4, -0.2) is 26.8 Å². The maximum atomic E-state index is 13.1. The number of hydrogen-bond donors (Lipinski definition) is 3. The van der Waals surface area contributed by atoms with Gasteiger partial charge in [-0.15, -0.1) is 0 Å². The molecule has 0 fully saturated rings. The average molecular weight is 411 g/mol. The van der Waals surface area contributed by atoms with Crippen molar-refractivity contribution in [1.82, 2.24) is 10.4 Å². The number of para-hydroxylation sites is 1. The van der Waals surface area contributed by atoms with E-state index in [1.165, 1.54) is 18.2 Å². The van der Waals surface area contributed by atoms with Crippen molar-refractivity contribution in [2.75, 3.05) is 0 Å². The maximum Gasteiger partial charge on any atom is 0.272 e. The van der Waals surface area contributed by atoms with Crippen molar-refractivity contribution < 1.29 is 15.0 Å². The van der Waals surface area contributed by atoms with Gasteiger partial charge < -0.3 is 10.2 Å². The Balaban J connectivity index is 1.73. The molecule has 6 nitrogen and oxygen atoms in total. The number of aromatic hydroxyl groups is 2. The Labute approximate surface area is 179 Å². The molecule has 4 aromatic rings. The van der Waals surface area contributed by atoms with Crippen molar-refractivity contribution in [3.63, 3.8) is 0 Å². The third kappa shape index (κ3) is 4.23. The van der Waals surface area contributed by atoms with Gasteiger partial charge in [0.05, 0.1) is 22.5 Å². The fourth-order valence-corrected chi connectivity index (χ4v) is 3.38. The Morgan fingerprint density at radius 2 is 1.68 bits per heavy atom. The molecule has 4 rings (SSSR count). The summed E-state index contributed by atoms with van der Waals surface area (Å²) in [5.41, 5.74) is 6.16. The van der Waals surface area contributed by atoms with E-state index in [1.807, 2.05) is 61.5 Å². The second-order valence-corrected chi connectivity index (χ2v) is 6.99. The number of nitrogens with zero attached hydrogens (tertiary/aromatic N) is 2. The summed E-state index contributed by atoms with van der Waals surface area (Å²) in [5, 5.41) is 24.8. The summed E-state index contributed by atoms with van der Waals surface area (Å²) in [6.07, 6.45) is 0.448. The predicted molar refractivity (Wildman–Crippen MR) is 121 cm³/mol. The van der Waals surface area contributed by atoms with Crippen LogP contribution in [-0.2, 0) is 0 Å². The van der Waals surface area contributed by atoms with Crippen LogP contribution < -0.4 is 5.43 Å². The van der Waals surface area contributed by atoms with Gasteiger partial charge in [-0.25, -0.2) is 10.4 Å². The molecule has 6 heteroatoms. The highest BCUT2D eigenvalue weighted by atomic mass is 16.3. The Kier molecular flexibility index (Phi) is 5.62. The number of pyridine rings is 1. The lowest BCUT2D eigenvalue weighted by Crippen LogP contribution is -2.20. The fourth-order valence-electron chi connectivity index (χ4n) is 3.38. The maximum absolute atomic E-state index is 13.1. The van der Waals surface area contributed by atoms with Crippen LogP contribution in [0.2, 0.25) is 0 Å². The number of phenolic OH excluding ortho intramolecular Hbond substituents is 2. The molecular formula is C25H21N3O3. The largest absolute Gasteiger partial charge is 0.508 e. The first-order valence-electron chi connectivity index (χ1n) is 9.91. The second kappa shape index (κ2) is 8.67. The molecule has 154 valence electrons. The molecule has 0 unspecified atom stereocenters. The van der Waals surface area contributed by atoms with Gasteiger partial charge in [-0.2, -0.15) is 5.10 Å². The lowest BCUT2D eigenvalue weighted by atomic mass is 10.0. The average Bonchev–Trinajstić information content (AvgIpc) is 2.81. The molecule has 31 heavy (non-hydrogen) atoms. The molecule has 0 bridgehead atoms. The van der Waals surface area contributed by atoms with Crippen LogP contribution in [0.3, 0.4) is 0 Å². The molecule has 0 aliphatic rings. The van der Waals surface area contributed by atoms with E-state index in [4.69, 9.17) is 4.98 Å². The minimum Gasteiger partial charge on any atom is -0.508 e. The van der Waals surface area contributed by atoms with E-state index in [0.717, 1.165) is 5.56 Å². The number of carbonyl (C=O) groups excluding carboxylic acids is 1. The zero-order valence-electron chi connectivity index (χ0n) is 16.9. The van der Waals surface area contributed by atoms with Crippen LogP contribution >= 0.6 is 0 Å². The van der Waals surface area contributed by atoms with Crippen molar-refractivity contribution in [2.24, 2.45) is 5.10 Å². The Hall–Kier alpha value is -4.19. The molecule has 3 aromatic carbocycles. The number of hydrazone groups is 1. The highest BCUT2D eigenvalue weighted by Gasteiger charge is 2.15. The van der Waals surface area contributed by atoms with Crippen molar-refractivity contribution in [3.8, 4) is 22.8 Å². The van der Waals surface area contributed by atoms with Gasteiger partial charge in [0.1, 0.15) is 11.5 Å². The number of phenols is 2. The number of carbonyl (C=O) groups is 1. The molecule has 1 heterocycles. The third-order valence-electron chi connectivity index (χ3n) is 4.95. The number of rotatable bonds is 5. The van der Waals surface area contributed by atoms with Gasteiger partial charge in [0.25, 0.3) is 5.91 Å². The van der Waals surface area contributed by atoms with Crippen LogP contribution in [0, 0.1) is 0 Å². The molecular weight excluding hydrogens is 390 g/mol. The number of fused-ring (bicyclic) bond motifs is 1. The van der Waals surface area contributed by atoms with Gasteiger partial charge in [-0.1, -0.05) is 55.5 Å². The van der Waals surface area contributed by atoms with Crippen molar-refractivity contribution in [2.45, 2.75) is 13.3 Å². The lowest BCUT2D eigenvalue weighted by Gasteiger charge is -2.11. The monoisotopic (exact) mass is 411 g/mol. The SMILES string of the molecule is CCC(=NNC(=O)c1cc(-c2ccccc2)nc2ccccc12)c1cc(O)ccc1O. The summed E-state index contributed by atoms with van der Waals surface area (Å²) in [6, 6.07) is 23.0. The Morgan fingerprint density at radius 1 is 0.935 bits per heavy atom. The van der Waals surface area contributed by atoms with E-state index in [0.29, 0.717) is 39.9 Å². The molecule has 1 aromatic heterocycles. The zero-order chi connectivity index (χ0) is 21.8. The first kappa shape index (κ1) is 20.1. The topological polar surface area (TPSA) is 94.8 Å². The summed E-state index contributed by atoms with van der Waals surface area (Å²) >= 11 is 0. The number of aromatic nitrogens is 1. The molecule has 1 amide bonds. The summed E-state index contributed by atoms with van der Waals surface area (Å²) in [6.45, 7) is 1.85. The highest BCUT2D eigenvalue weighted by Crippen LogP contribution is 2.26. The number of hydrogen-bond acceptors (Lipinski definition) is 5. The van der Waals surface area contributed by atoms with Crippen LogP contribution in [0.25, 0.3) is 22.2 Å². The van der Waals surface area contributed by atoms with Gasteiger partial charge >= 0.3 is 0 Å². The van der Waals surface area contributed by atoms with Crippen LogP contribution in [0.1, 0.15) is 29.3 Å². The van der Waals surface area contributed by atoms with Crippen molar-refractivity contribution in [3.05, 3.63) is 90.0 Å². The standard InChI is InChI=1S/C25H21N3O3/c1-2-21(20-14-17(29)12-13-24(20)30)27-28-25(31)19-15-23(16-8-4-3-5-9-16)26-22-11-7-6-10-18(19)22/h3-15,29-30H,2H2,1H3,(H,28,31). The summed E-state index contributed by atoms with van der Waals surface area (Å²) in [5.74, 6) is -0.400. The van der Waals surface area contributed by atoms with E-state index >= 15 is 0 Å². The van der Waals surface area contributed by atoms with Crippen LogP contribution in [0.4, 0.5) is 0 Å². The quantitative estimate of drug-likeness (QED) is 0.248. The van der Waals surface area contributed by atoms with Gasteiger partial charge in [0.15, 0.2) is 0 Å². The fraction of sp³-hybridized carbons (Fsp3) is 0.0800. The minimum absolute atomic E-state index is 0.00732. The summed E-state index contributed by atoms with van der Waals surface area (Å²) < 4.78 is 0. The lowest BCUT2D eigenvalue weighted by molar-refractivity contribution is 0.0956. The summed E-state index contributed by atoms with van der Waals surface area (Å²) in [4.78, 5) is 17.8. The van der Waals surface area contributed by atoms with E-state index in [1.54, 1.807) is 6.07 Å². The number of nitrogens with one attached hydrogen (secondary N) is 1. The Morgan fingerprint density at radius 3 is 2.45 bits per heavy atom. The molecule has 0 saturated heterocycles. The Bertz CT molecular complexity index is 1280. The van der Waals surface area contributed by atoms with Crippen molar-refractivity contribution >= 4 is 22.5 Å². The first-order chi connectivity index (χ1) is 15.1.